The molecule has 1 aromatic rings. The predicted octanol–water partition coefficient (Wildman–Crippen LogP) is 2.46. The molecule has 102 valence electrons. The van der Waals surface area contributed by atoms with Crippen LogP contribution >= 0.6 is 11.8 Å². The number of thioether (sulfide) groups is 1. The van der Waals surface area contributed by atoms with Crippen molar-refractivity contribution in [2.45, 2.75) is 6.42 Å². The average Bonchev–Trinajstić information content (AvgIpc) is 2.88. The number of rotatable bonds is 5. The van der Waals surface area contributed by atoms with Gasteiger partial charge in [-0.25, -0.2) is 4.79 Å². The SMILES string of the molecule is O=C(O)c1ccc(NCC2CCSC2)cc1[N+](=O)[O-]. The van der Waals surface area contributed by atoms with E-state index in [1.807, 2.05) is 11.8 Å². The largest absolute Gasteiger partial charge is 0.477 e. The number of carboxylic acids is 1. The van der Waals surface area contributed by atoms with Gasteiger partial charge in [-0.2, -0.15) is 11.8 Å². The summed E-state index contributed by atoms with van der Waals surface area (Å²) in [4.78, 5) is 21.1. The maximum atomic E-state index is 10.9. The first-order valence-electron chi connectivity index (χ1n) is 5.91. The van der Waals surface area contributed by atoms with Crippen LogP contribution in [-0.2, 0) is 0 Å². The van der Waals surface area contributed by atoms with E-state index in [1.165, 1.54) is 12.1 Å². The molecule has 1 heterocycles. The Hall–Kier alpha value is -1.76. The van der Waals surface area contributed by atoms with Crippen LogP contribution in [0.25, 0.3) is 0 Å². The van der Waals surface area contributed by atoms with Crippen LogP contribution in [0.1, 0.15) is 16.8 Å². The van der Waals surface area contributed by atoms with Crippen molar-refractivity contribution in [3.63, 3.8) is 0 Å². The van der Waals surface area contributed by atoms with E-state index in [0.717, 1.165) is 24.5 Å². The highest BCUT2D eigenvalue weighted by molar-refractivity contribution is 7.99. The van der Waals surface area contributed by atoms with E-state index in [1.54, 1.807) is 6.07 Å². The molecule has 1 atom stereocenters. The Morgan fingerprint density at radius 1 is 1.58 bits per heavy atom. The molecule has 2 rings (SSSR count). The first-order valence-corrected chi connectivity index (χ1v) is 7.06. The lowest BCUT2D eigenvalue weighted by atomic mass is 10.1. The van der Waals surface area contributed by atoms with Crippen LogP contribution in [0.15, 0.2) is 18.2 Å². The van der Waals surface area contributed by atoms with Crippen LogP contribution in [-0.4, -0.2) is 34.0 Å². The molecule has 2 N–H and O–H groups in total. The highest BCUT2D eigenvalue weighted by Crippen LogP contribution is 2.26. The highest BCUT2D eigenvalue weighted by Gasteiger charge is 2.20. The van der Waals surface area contributed by atoms with Gasteiger partial charge in [0.2, 0.25) is 0 Å². The molecule has 1 aliphatic heterocycles. The topological polar surface area (TPSA) is 92.5 Å². The van der Waals surface area contributed by atoms with Crippen LogP contribution in [0, 0.1) is 16.0 Å². The fourth-order valence-electron chi connectivity index (χ4n) is 1.98. The number of aromatic carboxylic acids is 1. The van der Waals surface area contributed by atoms with Crippen molar-refractivity contribution in [1.82, 2.24) is 0 Å². The molecule has 1 aliphatic rings. The van der Waals surface area contributed by atoms with Crippen molar-refractivity contribution in [2.75, 3.05) is 23.4 Å². The van der Waals surface area contributed by atoms with Crippen molar-refractivity contribution in [1.29, 1.82) is 0 Å². The second kappa shape index (κ2) is 5.92. The number of hydrogen-bond donors (Lipinski definition) is 2. The quantitative estimate of drug-likeness (QED) is 0.636. The maximum absolute atomic E-state index is 10.9. The summed E-state index contributed by atoms with van der Waals surface area (Å²) in [6.45, 7) is 0.760. The third kappa shape index (κ3) is 3.37. The van der Waals surface area contributed by atoms with Gasteiger partial charge in [0.1, 0.15) is 5.56 Å². The van der Waals surface area contributed by atoms with E-state index in [4.69, 9.17) is 5.11 Å². The molecule has 19 heavy (non-hydrogen) atoms. The van der Waals surface area contributed by atoms with Gasteiger partial charge in [0.05, 0.1) is 4.92 Å². The molecule has 1 fully saturated rings. The molecule has 1 unspecified atom stereocenters. The van der Waals surface area contributed by atoms with E-state index in [-0.39, 0.29) is 11.3 Å². The van der Waals surface area contributed by atoms with Crippen LogP contribution < -0.4 is 5.32 Å². The number of nitro benzene ring substituents is 1. The Morgan fingerprint density at radius 2 is 2.37 bits per heavy atom. The van der Waals surface area contributed by atoms with Crippen molar-refractivity contribution < 1.29 is 14.8 Å². The van der Waals surface area contributed by atoms with Crippen LogP contribution in [0.3, 0.4) is 0 Å². The lowest BCUT2D eigenvalue weighted by Gasteiger charge is -2.11. The number of carboxylic acid groups (broad SMARTS) is 1. The number of carbonyl (C=O) groups is 1. The molecule has 0 aliphatic carbocycles. The minimum absolute atomic E-state index is 0.285. The van der Waals surface area contributed by atoms with E-state index in [0.29, 0.717) is 11.6 Å². The Labute approximate surface area is 114 Å². The van der Waals surface area contributed by atoms with Gasteiger partial charge in [0, 0.05) is 18.3 Å². The summed E-state index contributed by atoms with van der Waals surface area (Å²) in [6, 6.07) is 4.12. The smallest absolute Gasteiger partial charge is 0.342 e. The van der Waals surface area contributed by atoms with Gasteiger partial charge in [0.25, 0.3) is 5.69 Å². The molecule has 0 bridgehead atoms. The van der Waals surface area contributed by atoms with Crippen LogP contribution in [0.5, 0.6) is 0 Å². The number of nitrogens with one attached hydrogen (secondary N) is 1. The van der Waals surface area contributed by atoms with Crippen LogP contribution in [0.2, 0.25) is 0 Å². The zero-order chi connectivity index (χ0) is 13.8. The summed E-state index contributed by atoms with van der Waals surface area (Å²) in [5, 5.41) is 22.9. The van der Waals surface area contributed by atoms with Gasteiger partial charge in [-0.3, -0.25) is 10.1 Å². The number of anilines is 1. The van der Waals surface area contributed by atoms with Crippen molar-refractivity contribution in [2.24, 2.45) is 5.92 Å². The third-order valence-corrected chi connectivity index (χ3v) is 4.28. The highest BCUT2D eigenvalue weighted by atomic mass is 32.2. The third-order valence-electron chi connectivity index (χ3n) is 3.04. The fraction of sp³-hybridized carbons (Fsp3) is 0.417. The zero-order valence-electron chi connectivity index (χ0n) is 10.2. The van der Waals surface area contributed by atoms with E-state index in [9.17, 15) is 14.9 Å². The predicted molar refractivity (Wildman–Crippen MR) is 74.0 cm³/mol. The summed E-state index contributed by atoms with van der Waals surface area (Å²) >= 11 is 1.91. The van der Waals surface area contributed by atoms with Gasteiger partial charge in [-0.1, -0.05) is 0 Å². The Balaban J connectivity index is 2.11. The molecular formula is C12H14N2O4S. The second-order valence-electron chi connectivity index (χ2n) is 4.40. The summed E-state index contributed by atoms with van der Waals surface area (Å²) in [5.41, 5.74) is -0.0705. The number of hydrogen-bond acceptors (Lipinski definition) is 5. The molecule has 0 aromatic heterocycles. The monoisotopic (exact) mass is 282 g/mol. The Kier molecular flexibility index (Phi) is 4.26. The molecule has 7 heteroatoms. The molecule has 1 saturated heterocycles. The van der Waals surface area contributed by atoms with Crippen molar-refractivity contribution in [3.8, 4) is 0 Å². The molecule has 0 amide bonds. The van der Waals surface area contributed by atoms with Gasteiger partial charge in [-0.15, -0.1) is 0 Å². The summed E-state index contributed by atoms with van der Waals surface area (Å²) < 4.78 is 0. The Bertz CT molecular complexity index is 501. The number of benzene rings is 1. The van der Waals surface area contributed by atoms with Gasteiger partial charge < -0.3 is 10.4 Å². The molecule has 0 saturated carbocycles. The summed E-state index contributed by atoms with van der Waals surface area (Å²) in [6.07, 6.45) is 1.15. The first kappa shape index (κ1) is 13.7. The van der Waals surface area contributed by atoms with E-state index in [2.05, 4.69) is 5.32 Å². The lowest BCUT2D eigenvalue weighted by molar-refractivity contribution is -0.385. The van der Waals surface area contributed by atoms with Gasteiger partial charge >= 0.3 is 5.97 Å². The standard InChI is InChI=1S/C12H14N2O4S/c15-12(16)10-2-1-9(5-11(10)14(17)18)13-6-8-3-4-19-7-8/h1-2,5,8,13H,3-4,6-7H2,(H,15,16). The molecule has 1 aromatic carbocycles. The number of nitro groups is 1. The summed E-state index contributed by atoms with van der Waals surface area (Å²) in [5.74, 6) is 1.54. The van der Waals surface area contributed by atoms with Crippen LogP contribution in [0.4, 0.5) is 11.4 Å². The second-order valence-corrected chi connectivity index (χ2v) is 5.55. The van der Waals surface area contributed by atoms with Gasteiger partial charge in [-0.05, 0) is 36.0 Å². The molecule has 0 spiro atoms. The van der Waals surface area contributed by atoms with Crippen molar-refractivity contribution in [3.05, 3.63) is 33.9 Å². The fourth-order valence-corrected chi connectivity index (χ4v) is 3.26. The van der Waals surface area contributed by atoms with Crippen molar-refractivity contribution >= 4 is 29.1 Å². The molecule has 6 nitrogen and oxygen atoms in total. The van der Waals surface area contributed by atoms with Gasteiger partial charge in [0.15, 0.2) is 0 Å². The summed E-state index contributed by atoms with van der Waals surface area (Å²) in [7, 11) is 0. The Morgan fingerprint density at radius 3 is 2.95 bits per heavy atom. The molecule has 0 radical (unpaired) electrons. The van der Waals surface area contributed by atoms with E-state index < -0.39 is 10.9 Å². The average molecular weight is 282 g/mol. The first-order chi connectivity index (χ1) is 9.08. The maximum Gasteiger partial charge on any atom is 0.342 e. The van der Waals surface area contributed by atoms with E-state index >= 15 is 0 Å². The lowest BCUT2D eigenvalue weighted by Crippen LogP contribution is -2.13. The number of nitrogens with zero attached hydrogens (tertiary/aromatic N) is 1. The minimum atomic E-state index is -1.29. The zero-order valence-corrected chi connectivity index (χ0v) is 11.0. The molecular weight excluding hydrogens is 268 g/mol. The minimum Gasteiger partial charge on any atom is -0.477 e. The normalized spacial score (nSPS) is 18.2.